The van der Waals surface area contributed by atoms with Crippen molar-refractivity contribution in [2.24, 2.45) is 11.3 Å². The SMILES string of the molecule is CC(C)(C)CC(NCC1CC=CCC1)c1ccccc1. The van der Waals surface area contributed by atoms with Gasteiger partial charge in [-0.05, 0) is 49.1 Å². The molecule has 2 unspecified atom stereocenters. The molecule has 1 heteroatoms. The lowest BCUT2D eigenvalue weighted by Crippen LogP contribution is -2.30. The normalized spacial score (nSPS) is 20.9. The lowest BCUT2D eigenvalue weighted by Gasteiger charge is -2.29. The smallest absolute Gasteiger partial charge is 0.0325 e. The van der Waals surface area contributed by atoms with Gasteiger partial charge in [0.25, 0.3) is 0 Å². The average molecular weight is 271 g/mol. The summed E-state index contributed by atoms with van der Waals surface area (Å²) in [4.78, 5) is 0. The minimum atomic E-state index is 0.347. The van der Waals surface area contributed by atoms with Crippen molar-refractivity contribution in [2.45, 2.75) is 52.5 Å². The molecule has 1 aliphatic carbocycles. The van der Waals surface area contributed by atoms with E-state index >= 15 is 0 Å². The molecule has 0 radical (unpaired) electrons. The highest BCUT2D eigenvalue weighted by molar-refractivity contribution is 5.19. The van der Waals surface area contributed by atoms with Gasteiger partial charge in [-0.25, -0.2) is 0 Å². The van der Waals surface area contributed by atoms with Crippen LogP contribution >= 0.6 is 0 Å². The number of nitrogens with one attached hydrogen (secondary N) is 1. The zero-order valence-electron chi connectivity index (χ0n) is 13.2. The second-order valence-electron chi connectivity index (χ2n) is 7.29. The minimum Gasteiger partial charge on any atom is -0.310 e. The molecule has 0 aliphatic heterocycles. The maximum Gasteiger partial charge on any atom is 0.0325 e. The van der Waals surface area contributed by atoms with Crippen molar-refractivity contribution in [1.29, 1.82) is 0 Å². The van der Waals surface area contributed by atoms with E-state index in [2.05, 4.69) is 68.6 Å². The highest BCUT2D eigenvalue weighted by atomic mass is 14.9. The van der Waals surface area contributed by atoms with Gasteiger partial charge in [0.1, 0.15) is 0 Å². The van der Waals surface area contributed by atoms with E-state index in [-0.39, 0.29) is 0 Å². The van der Waals surface area contributed by atoms with E-state index in [1.54, 1.807) is 0 Å². The summed E-state index contributed by atoms with van der Waals surface area (Å²) in [7, 11) is 0. The fourth-order valence-electron chi connectivity index (χ4n) is 2.96. The molecule has 2 atom stereocenters. The predicted octanol–water partition coefficient (Wildman–Crippen LogP) is 5.11. The highest BCUT2D eigenvalue weighted by Crippen LogP contribution is 2.30. The van der Waals surface area contributed by atoms with Crippen LogP contribution in [-0.2, 0) is 0 Å². The quantitative estimate of drug-likeness (QED) is 0.734. The van der Waals surface area contributed by atoms with Crippen LogP contribution in [0.1, 0.15) is 58.1 Å². The van der Waals surface area contributed by atoms with Crippen LogP contribution in [0.4, 0.5) is 0 Å². The van der Waals surface area contributed by atoms with Gasteiger partial charge in [-0.1, -0.05) is 63.3 Å². The van der Waals surface area contributed by atoms with E-state index in [1.165, 1.54) is 31.2 Å². The van der Waals surface area contributed by atoms with Gasteiger partial charge in [-0.3, -0.25) is 0 Å². The van der Waals surface area contributed by atoms with Crippen molar-refractivity contribution in [3.63, 3.8) is 0 Å². The van der Waals surface area contributed by atoms with Gasteiger partial charge >= 0.3 is 0 Å². The van der Waals surface area contributed by atoms with Gasteiger partial charge in [-0.2, -0.15) is 0 Å². The van der Waals surface area contributed by atoms with Crippen LogP contribution in [0.25, 0.3) is 0 Å². The molecule has 2 rings (SSSR count). The maximum absolute atomic E-state index is 3.83. The molecule has 1 N–H and O–H groups in total. The molecule has 0 heterocycles. The molecular weight excluding hydrogens is 242 g/mol. The van der Waals surface area contributed by atoms with Crippen LogP contribution < -0.4 is 5.32 Å². The van der Waals surface area contributed by atoms with Crippen molar-refractivity contribution in [2.75, 3.05) is 6.54 Å². The number of rotatable bonds is 5. The van der Waals surface area contributed by atoms with E-state index in [1.807, 2.05) is 0 Å². The zero-order chi connectivity index (χ0) is 14.4. The van der Waals surface area contributed by atoms with E-state index in [4.69, 9.17) is 0 Å². The topological polar surface area (TPSA) is 12.0 Å². The molecule has 110 valence electrons. The summed E-state index contributed by atoms with van der Waals surface area (Å²) in [5.41, 5.74) is 1.77. The van der Waals surface area contributed by atoms with Gasteiger partial charge in [0.15, 0.2) is 0 Å². The van der Waals surface area contributed by atoms with E-state index in [9.17, 15) is 0 Å². The molecule has 0 spiro atoms. The summed E-state index contributed by atoms with van der Waals surface area (Å²) in [6, 6.07) is 11.4. The van der Waals surface area contributed by atoms with Gasteiger partial charge in [0, 0.05) is 6.04 Å². The van der Waals surface area contributed by atoms with Crippen LogP contribution in [0.3, 0.4) is 0 Å². The van der Waals surface area contributed by atoms with Crippen LogP contribution in [0.2, 0.25) is 0 Å². The molecule has 1 aromatic carbocycles. The molecule has 20 heavy (non-hydrogen) atoms. The third kappa shape index (κ3) is 5.13. The van der Waals surface area contributed by atoms with Crippen molar-refractivity contribution >= 4 is 0 Å². The second kappa shape index (κ2) is 7.08. The second-order valence-corrected chi connectivity index (χ2v) is 7.29. The molecular formula is C19H29N. The molecule has 0 saturated carbocycles. The van der Waals surface area contributed by atoms with Gasteiger partial charge in [0.05, 0.1) is 0 Å². The first kappa shape index (κ1) is 15.3. The summed E-state index contributed by atoms with van der Waals surface area (Å²) >= 11 is 0. The third-order valence-corrected chi connectivity index (χ3v) is 4.05. The summed E-state index contributed by atoms with van der Waals surface area (Å²) in [6.45, 7) is 8.12. The lowest BCUT2D eigenvalue weighted by atomic mass is 9.85. The van der Waals surface area contributed by atoms with Crippen molar-refractivity contribution in [3.05, 3.63) is 48.0 Å². The molecule has 1 aliphatic rings. The largest absolute Gasteiger partial charge is 0.310 e. The first-order chi connectivity index (χ1) is 9.54. The molecule has 1 aromatic rings. The third-order valence-electron chi connectivity index (χ3n) is 4.05. The first-order valence-electron chi connectivity index (χ1n) is 7.98. The Morgan fingerprint density at radius 3 is 2.50 bits per heavy atom. The maximum atomic E-state index is 3.83. The van der Waals surface area contributed by atoms with E-state index < -0.39 is 0 Å². The fourth-order valence-corrected chi connectivity index (χ4v) is 2.96. The number of hydrogen-bond donors (Lipinski definition) is 1. The van der Waals surface area contributed by atoms with Gasteiger partial charge in [-0.15, -0.1) is 0 Å². The lowest BCUT2D eigenvalue weighted by molar-refractivity contribution is 0.296. The molecule has 0 amide bonds. The predicted molar refractivity (Wildman–Crippen MR) is 87.7 cm³/mol. The number of hydrogen-bond acceptors (Lipinski definition) is 1. The van der Waals surface area contributed by atoms with E-state index in [0.717, 1.165) is 12.5 Å². The summed E-state index contributed by atoms with van der Waals surface area (Å²) < 4.78 is 0. The Bertz CT molecular complexity index is 413. The van der Waals surface area contributed by atoms with Gasteiger partial charge < -0.3 is 5.32 Å². The first-order valence-corrected chi connectivity index (χ1v) is 7.98. The summed E-state index contributed by atoms with van der Waals surface area (Å²) in [6.07, 6.45) is 9.67. The van der Waals surface area contributed by atoms with Crippen molar-refractivity contribution < 1.29 is 0 Å². The Kier molecular flexibility index (Phi) is 5.42. The fraction of sp³-hybridized carbons (Fsp3) is 0.579. The standard InChI is InChI=1S/C19H29N/c1-19(2,3)14-18(17-12-8-5-9-13-17)20-15-16-10-6-4-7-11-16/h4-6,8-9,12-13,16,18,20H,7,10-11,14-15H2,1-3H3. The van der Waals surface area contributed by atoms with Crippen LogP contribution in [-0.4, -0.2) is 6.54 Å². The zero-order valence-corrected chi connectivity index (χ0v) is 13.2. The monoisotopic (exact) mass is 271 g/mol. The number of benzene rings is 1. The Balaban J connectivity index is 1.97. The Morgan fingerprint density at radius 1 is 1.15 bits per heavy atom. The molecule has 1 nitrogen and oxygen atoms in total. The van der Waals surface area contributed by atoms with Crippen LogP contribution in [0.15, 0.2) is 42.5 Å². The van der Waals surface area contributed by atoms with E-state index in [0.29, 0.717) is 11.5 Å². The average Bonchev–Trinajstić information content (AvgIpc) is 2.44. The van der Waals surface area contributed by atoms with Gasteiger partial charge in [0.2, 0.25) is 0 Å². The Labute approximate surface area is 124 Å². The minimum absolute atomic E-state index is 0.347. The highest BCUT2D eigenvalue weighted by Gasteiger charge is 2.21. The molecule has 0 bridgehead atoms. The molecule has 0 fully saturated rings. The van der Waals surface area contributed by atoms with Crippen LogP contribution in [0, 0.1) is 11.3 Å². The van der Waals surface area contributed by atoms with Crippen molar-refractivity contribution in [1.82, 2.24) is 5.32 Å². The van der Waals surface area contributed by atoms with Crippen LogP contribution in [0.5, 0.6) is 0 Å². The molecule has 0 aromatic heterocycles. The number of allylic oxidation sites excluding steroid dienone is 2. The summed E-state index contributed by atoms with van der Waals surface area (Å²) in [5, 5.41) is 3.83. The molecule has 0 saturated heterocycles. The van der Waals surface area contributed by atoms with Crippen molar-refractivity contribution in [3.8, 4) is 0 Å². The Morgan fingerprint density at radius 2 is 1.90 bits per heavy atom. The Hall–Kier alpha value is -1.08. The summed E-state index contributed by atoms with van der Waals surface area (Å²) in [5.74, 6) is 0.811.